The van der Waals surface area contributed by atoms with Crippen LogP contribution in [-0.4, -0.2) is 32.1 Å². The molecule has 0 heterocycles. The standard InChI is InChI=1S/C22H27ClN2O3/c1-4-11-25(12-5-2)18-9-10-20(19(14-18)22(27)28-3)24-21(26)17-8-6-7-16(13-17)15-23/h6-10,13-14H,4-5,11-12,15H2,1-3H3,(H,24,26). The van der Waals surface area contributed by atoms with Gasteiger partial charge < -0.3 is 15.0 Å². The number of amides is 1. The summed E-state index contributed by atoms with van der Waals surface area (Å²) in [5, 5.41) is 2.82. The Labute approximate surface area is 171 Å². The molecular formula is C22H27ClN2O3. The van der Waals surface area contributed by atoms with Gasteiger partial charge >= 0.3 is 5.97 Å². The minimum Gasteiger partial charge on any atom is -0.465 e. The molecular weight excluding hydrogens is 376 g/mol. The summed E-state index contributed by atoms with van der Waals surface area (Å²) in [5.41, 5.74) is 3.03. The average Bonchev–Trinajstić information content (AvgIpc) is 2.73. The summed E-state index contributed by atoms with van der Waals surface area (Å²) < 4.78 is 4.93. The highest BCUT2D eigenvalue weighted by Gasteiger charge is 2.17. The van der Waals surface area contributed by atoms with Crippen LogP contribution in [0.1, 0.15) is 53.0 Å². The zero-order valence-electron chi connectivity index (χ0n) is 16.6. The SMILES string of the molecule is CCCN(CCC)c1ccc(NC(=O)c2cccc(CCl)c2)c(C(=O)OC)c1. The third-order valence-electron chi connectivity index (χ3n) is 4.35. The van der Waals surface area contributed by atoms with Crippen LogP contribution in [0, 0.1) is 0 Å². The van der Waals surface area contributed by atoms with Crippen LogP contribution >= 0.6 is 11.6 Å². The van der Waals surface area contributed by atoms with Crippen molar-refractivity contribution in [2.45, 2.75) is 32.6 Å². The molecule has 0 atom stereocenters. The number of nitrogens with one attached hydrogen (secondary N) is 1. The second kappa shape index (κ2) is 10.7. The quantitative estimate of drug-likeness (QED) is 0.468. The molecule has 0 aromatic heterocycles. The molecule has 1 N–H and O–H groups in total. The number of carbonyl (C=O) groups excluding carboxylic acids is 2. The molecule has 0 unspecified atom stereocenters. The molecule has 0 radical (unpaired) electrons. The van der Waals surface area contributed by atoms with Crippen LogP contribution in [0.4, 0.5) is 11.4 Å². The Kier molecular flexibility index (Phi) is 8.33. The zero-order valence-corrected chi connectivity index (χ0v) is 17.4. The number of halogens is 1. The number of rotatable bonds is 9. The predicted molar refractivity (Wildman–Crippen MR) is 115 cm³/mol. The van der Waals surface area contributed by atoms with Crippen LogP contribution in [-0.2, 0) is 10.6 Å². The molecule has 0 aliphatic rings. The number of methoxy groups -OCH3 is 1. The second-order valence-corrected chi connectivity index (χ2v) is 6.76. The molecule has 2 rings (SSSR count). The molecule has 0 fully saturated rings. The van der Waals surface area contributed by atoms with E-state index in [9.17, 15) is 9.59 Å². The summed E-state index contributed by atoms with van der Waals surface area (Å²) >= 11 is 5.85. The summed E-state index contributed by atoms with van der Waals surface area (Å²) in [7, 11) is 1.33. The maximum Gasteiger partial charge on any atom is 0.340 e. The summed E-state index contributed by atoms with van der Waals surface area (Å²) in [6, 6.07) is 12.5. The number of esters is 1. The minimum absolute atomic E-state index is 0.302. The van der Waals surface area contributed by atoms with Crippen LogP contribution in [0.3, 0.4) is 0 Å². The lowest BCUT2D eigenvalue weighted by Gasteiger charge is -2.25. The van der Waals surface area contributed by atoms with Crippen LogP contribution in [0.5, 0.6) is 0 Å². The molecule has 1 amide bonds. The first-order valence-corrected chi connectivity index (χ1v) is 10.0. The summed E-state index contributed by atoms with van der Waals surface area (Å²) in [5.74, 6) is -0.461. The van der Waals surface area contributed by atoms with Gasteiger partial charge in [0.25, 0.3) is 5.91 Å². The van der Waals surface area contributed by atoms with Crippen molar-refractivity contribution >= 4 is 34.9 Å². The van der Waals surface area contributed by atoms with Gasteiger partial charge in [-0.25, -0.2) is 4.79 Å². The smallest absolute Gasteiger partial charge is 0.340 e. The lowest BCUT2D eigenvalue weighted by Crippen LogP contribution is -2.25. The van der Waals surface area contributed by atoms with Crippen molar-refractivity contribution in [2.24, 2.45) is 0 Å². The van der Waals surface area contributed by atoms with Crippen molar-refractivity contribution in [1.29, 1.82) is 0 Å². The van der Waals surface area contributed by atoms with Gasteiger partial charge in [-0.15, -0.1) is 11.6 Å². The summed E-state index contributed by atoms with van der Waals surface area (Å²) in [6.07, 6.45) is 2.01. The van der Waals surface area contributed by atoms with Crippen LogP contribution in [0.15, 0.2) is 42.5 Å². The van der Waals surface area contributed by atoms with E-state index in [1.165, 1.54) is 7.11 Å². The number of nitrogens with zero attached hydrogens (tertiary/aromatic N) is 1. The fourth-order valence-electron chi connectivity index (χ4n) is 3.02. The van der Waals surface area contributed by atoms with E-state index in [0.29, 0.717) is 22.7 Å². The third-order valence-corrected chi connectivity index (χ3v) is 4.66. The molecule has 0 aliphatic carbocycles. The largest absolute Gasteiger partial charge is 0.465 e. The van der Waals surface area contributed by atoms with E-state index >= 15 is 0 Å². The van der Waals surface area contributed by atoms with Gasteiger partial charge in [-0.3, -0.25) is 4.79 Å². The molecule has 2 aromatic rings. The van der Waals surface area contributed by atoms with Gasteiger partial charge in [0.2, 0.25) is 0 Å². The van der Waals surface area contributed by atoms with Crippen molar-refractivity contribution in [3.63, 3.8) is 0 Å². The number of ether oxygens (including phenoxy) is 1. The monoisotopic (exact) mass is 402 g/mol. The summed E-state index contributed by atoms with van der Waals surface area (Å²) in [6.45, 7) is 6.03. The van der Waals surface area contributed by atoms with Gasteiger partial charge in [-0.2, -0.15) is 0 Å². The van der Waals surface area contributed by atoms with Gasteiger partial charge in [0.1, 0.15) is 0 Å². The van der Waals surface area contributed by atoms with E-state index in [1.54, 1.807) is 30.3 Å². The van der Waals surface area contributed by atoms with Crippen molar-refractivity contribution in [3.8, 4) is 0 Å². The van der Waals surface area contributed by atoms with Crippen molar-refractivity contribution in [3.05, 3.63) is 59.2 Å². The number of alkyl halides is 1. The van der Waals surface area contributed by atoms with Crippen LogP contribution in [0.25, 0.3) is 0 Å². The Morgan fingerprint density at radius 3 is 2.39 bits per heavy atom. The van der Waals surface area contributed by atoms with E-state index in [0.717, 1.165) is 37.2 Å². The van der Waals surface area contributed by atoms with Crippen molar-refractivity contribution in [1.82, 2.24) is 0 Å². The summed E-state index contributed by atoms with van der Waals surface area (Å²) in [4.78, 5) is 27.2. The van der Waals surface area contributed by atoms with E-state index in [2.05, 4.69) is 24.1 Å². The van der Waals surface area contributed by atoms with Crippen molar-refractivity contribution in [2.75, 3.05) is 30.4 Å². The van der Waals surface area contributed by atoms with Gasteiger partial charge in [0.15, 0.2) is 0 Å². The zero-order chi connectivity index (χ0) is 20.5. The number of anilines is 2. The van der Waals surface area contributed by atoms with Crippen LogP contribution < -0.4 is 10.2 Å². The van der Waals surface area contributed by atoms with E-state index < -0.39 is 5.97 Å². The first kappa shape index (κ1) is 21.8. The van der Waals surface area contributed by atoms with Crippen molar-refractivity contribution < 1.29 is 14.3 Å². The molecule has 0 saturated heterocycles. The molecule has 28 heavy (non-hydrogen) atoms. The van der Waals surface area contributed by atoms with E-state index in [4.69, 9.17) is 16.3 Å². The Balaban J connectivity index is 2.34. The van der Waals surface area contributed by atoms with Gasteiger partial charge in [0.05, 0.1) is 18.4 Å². The fraction of sp³-hybridized carbons (Fsp3) is 0.364. The first-order chi connectivity index (χ1) is 13.5. The highest BCUT2D eigenvalue weighted by atomic mass is 35.5. The van der Waals surface area contributed by atoms with Gasteiger partial charge in [-0.05, 0) is 48.7 Å². The number of hydrogen-bond donors (Lipinski definition) is 1. The average molecular weight is 403 g/mol. The second-order valence-electron chi connectivity index (χ2n) is 6.50. The molecule has 5 nitrogen and oxygen atoms in total. The van der Waals surface area contributed by atoms with Gasteiger partial charge in [-0.1, -0.05) is 26.0 Å². The Bertz CT molecular complexity index is 817. The lowest BCUT2D eigenvalue weighted by molar-refractivity contribution is 0.0602. The molecule has 0 bridgehead atoms. The molecule has 2 aromatic carbocycles. The maximum atomic E-state index is 12.7. The number of hydrogen-bond acceptors (Lipinski definition) is 4. The Morgan fingerprint density at radius 1 is 1.07 bits per heavy atom. The van der Waals surface area contributed by atoms with Crippen LogP contribution in [0.2, 0.25) is 0 Å². The number of carbonyl (C=O) groups is 2. The maximum absolute atomic E-state index is 12.7. The normalized spacial score (nSPS) is 10.4. The molecule has 0 saturated carbocycles. The topological polar surface area (TPSA) is 58.6 Å². The Morgan fingerprint density at radius 2 is 1.79 bits per heavy atom. The predicted octanol–water partition coefficient (Wildman–Crippen LogP) is 5.09. The highest BCUT2D eigenvalue weighted by molar-refractivity contribution is 6.17. The lowest BCUT2D eigenvalue weighted by atomic mass is 10.1. The van der Waals surface area contributed by atoms with E-state index in [-0.39, 0.29) is 5.91 Å². The first-order valence-electron chi connectivity index (χ1n) is 9.47. The third kappa shape index (κ3) is 5.49. The number of benzene rings is 2. The molecule has 150 valence electrons. The fourth-order valence-corrected chi connectivity index (χ4v) is 3.18. The Hall–Kier alpha value is -2.53. The van der Waals surface area contributed by atoms with Gasteiger partial charge in [0, 0.05) is 30.2 Å². The minimum atomic E-state index is -0.486. The molecule has 0 aliphatic heterocycles. The van der Waals surface area contributed by atoms with E-state index in [1.807, 2.05) is 12.1 Å². The molecule has 0 spiro atoms. The highest BCUT2D eigenvalue weighted by Crippen LogP contribution is 2.25. The molecule has 6 heteroatoms.